The van der Waals surface area contributed by atoms with Crippen LogP contribution in [0.3, 0.4) is 0 Å². The van der Waals surface area contributed by atoms with Crippen molar-refractivity contribution < 1.29 is 14.3 Å². The number of nitrogens with zero attached hydrogens (tertiary/aromatic N) is 2. The van der Waals surface area contributed by atoms with Gasteiger partial charge in [-0.05, 0) is 49.4 Å². The molecule has 1 aliphatic rings. The van der Waals surface area contributed by atoms with E-state index in [2.05, 4.69) is 26.1 Å². The fourth-order valence-electron chi connectivity index (χ4n) is 4.00. The lowest BCUT2D eigenvalue weighted by Crippen LogP contribution is -2.49. The Morgan fingerprint density at radius 3 is 2.38 bits per heavy atom. The van der Waals surface area contributed by atoms with Crippen molar-refractivity contribution in [3.8, 4) is 5.75 Å². The molecule has 0 aromatic heterocycles. The summed E-state index contributed by atoms with van der Waals surface area (Å²) in [6, 6.07) is 18.3. The molecule has 1 fully saturated rings. The van der Waals surface area contributed by atoms with Crippen LogP contribution in [0.1, 0.15) is 26.3 Å². The highest BCUT2D eigenvalue weighted by Crippen LogP contribution is 2.35. The number of methoxy groups -OCH3 is 1. The second kappa shape index (κ2) is 10.5. The minimum atomic E-state index is -0.296. The molecule has 3 aromatic carbocycles. The number of anilines is 2. The predicted molar refractivity (Wildman–Crippen MR) is 139 cm³/mol. The smallest absolute Gasteiger partial charge is 0.259 e. The van der Waals surface area contributed by atoms with Crippen LogP contribution >= 0.6 is 27.5 Å². The van der Waals surface area contributed by atoms with E-state index < -0.39 is 0 Å². The molecule has 1 N–H and O–H groups in total. The van der Waals surface area contributed by atoms with Crippen LogP contribution in [0, 0.1) is 6.92 Å². The number of ether oxygens (including phenoxy) is 1. The molecule has 0 radical (unpaired) electrons. The number of halogens is 2. The van der Waals surface area contributed by atoms with Crippen molar-refractivity contribution in [3.63, 3.8) is 0 Å². The van der Waals surface area contributed by atoms with E-state index in [0.717, 1.165) is 15.7 Å². The first-order chi connectivity index (χ1) is 16.4. The summed E-state index contributed by atoms with van der Waals surface area (Å²) >= 11 is 9.99. The summed E-state index contributed by atoms with van der Waals surface area (Å²) in [6.45, 7) is 4.32. The zero-order valence-corrected chi connectivity index (χ0v) is 21.3. The van der Waals surface area contributed by atoms with Gasteiger partial charge in [-0.15, -0.1) is 0 Å². The monoisotopic (exact) mass is 541 g/mol. The number of benzene rings is 3. The molecule has 0 spiro atoms. The fourth-order valence-corrected chi connectivity index (χ4v) is 4.65. The molecule has 3 aromatic rings. The molecule has 6 nitrogen and oxygen atoms in total. The van der Waals surface area contributed by atoms with Crippen LogP contribution in [0.2, 0.25) is 5.02 Å². The number of para-hydroxylation sites is 1. The van der Waals surface area contributed by atoms with E-state index >= 15 is 0 Å². The standard InChI is InChI=1S/C26H25BrClN3O3/c1-17-6-8-18(9-7-17)26(33)31-14-12-30(13-15-31)24-21(28)4-3-5-22(24)29-25(32)20-16-19(27)10-11-23(20)34-2/h3-11,16H,12-15H2,1-2H3,(H,29,32). The lowest BCUT2D eigenvalue weighted by molar-refractivity contribution is 0.0746. The number of hydrogen-bond donors (Lipinski definition) is 1. The molecule has 8 heteroatoms. The Morgan fingerprint density at radius 1 is 1.00 bits per heavy atom. The maximum atomic E-state index is 13.1. The van der Waals surface area contributed by atoms with Crippen molar-refractivity contribution in [1.29, 1.82) is 0 Å². The van der Waals surface area contributed by atoms with E-state index in [1.807, 2.05) is 48.2 Å². The third-order valence-electron chi connectivity index (χ3n) is 5.82. The molecule has 0 bridgehead atoms. The Bertz CT molecular complexity index is 1210. The van der Waals surface area contributed by atoms with Gasteiger partial charge >= 0.3 is 0 Å². The molecule has 2 amide bonds. The number of rotatable bonds is 5. The van der Waals surface area contributed by atoms with Crippen LogP contribution in [0.25, 0.3) is 0 Å². The third-order valence-corrected chi connectivity index (χ3v) is 6.62. The Hall–Kier alpha value is -3.03. The van der Waals surface area contributed by atoms with Crippen molar-refractivity contribution in [2.75, 3.05) is 43.5 Å². The molecular weight excluding hydrogens is 518 g/mol. The predicted octanol–water partition coefficient (Wildman–Crippen LogP) is 5.63. The maximum Gasteiger partial charge on any atom is 0.259 e. The number of carbonyl (C=O) groups excluding carboxylic acids is 2. The van der Waals surface area contributed by atoms with Gasteiger partial charge in [0.2, 0.25) is 0 Å². The Labute approximate surface area is 212 Å². The number of amides is 2. The van der Waals surface area contributed by atoms with Crippen LogP contribution in [0.5, 0.6) is 5.75 Å². The Morgan fingerprint density at radius 2 is 1.71 bits per heavy atom. The summed E-state index contributed by atoms with van der Waals surface area (Å²) in [5.74, 6) is 0.205. The van der Waals surface area contributed by atoms with Crippen molar-refractivity contribution in [2.24, 2.45) is 0 Å². The van der Waals surface area contributed by atoms with Gasteiger partial charge in [0.25, 0.3) is 11.8 Å². The van der Waals surface area contributed by atoms with E-state index in [-0.39, 0.29) is 11.8 Å². The average Bonchev–Trinajstić information content (AvgIpc) is 2.84. The molecule has 1 heterocycles. The lowest BCUT2D eigenvalue weighted by Gasteiger charge is -2.37. The fraction of sp³-hybridized carbons (Fsp3) is 0.231. The molecule has 0 saturated carbocycles. The van der Waals surface area contributed by atoms with Gasteiger partial charge in [0.1, 0.15) is 5.75 Å². The molecule has 1 aliphatic heterocycles. The first-order valence-electron chi connectivity index (χ1n) is 10.9. The van der Waals surface area contributed by atoms with E-state index in [1.54, 1.807) is 24.3 Å². The van der Waals surface area contributed by atoms with Crippen molar-refractivity contribution in [3.05, 3.63) is 86.8 Å². The second-order valence-electron chi connectivity index (χ2n) is 8.08. The Kier molecular flexibility index (Phi) is 7.44. The van der Waals surface area contributed by atoms with Gasteiger partial charge in [-0.25, -0.2) is 0 Å². The van der Waals surface area contributed by atoms with Crippen LogP contribution < -0.4 is 15.0 Å². The van der Waals surface area contributed by atoms with Gasteiger partial charge in [-0.2, -0.15) is 0 Å². The number of carbonyl (C=O) groups is 2. The minimum absolute atomic E-state index is 0.0223. The van der Waals surface area contributed by atoms with E-state index in [0.29, 0.717) is 53.8 Å². The van der Waals surface area contributed by atoms with Crippen molar-refractivity contribution >= 4 is 50.7 Å². The van der Waals surface area contributed by atoms with E-state index in [9.17, 15) is 9.59 Å². The Balaban J connectivity index is 1.51. The summed E-state index contributed by atoms with van der Waals surface area (Å²) in [7, 11) is 1.53. The molecule has 0 atom stereocenters. The number of piperazine rings is 1. The minimum Gasteiger partial charge on any atom is -0.496 e. The maximum absolute atomic E-state index is 13.1. The van der Waals surface area contributed by atoms with E-state index in [4.69, 9.17) is 16.3 Å². The van der Waals surface area contributed by atoms with Crippen LogP contribution in [-0.4, -0.2) is 50.0 Å². The summed E-state index contributed by atoms with van der Waals surface area (Å²) in [5, 5.41) is 3.52. The lowest BCUT2D eigenvalue weighted by atomic mass is 10.1. The quantitative estimate of drug-likeness (QED) is 0.454. The number of aryl methyl sites for hydroxylation is 1. The van der Waals surface area contributed by atoms with Crippen molar-refractivity contribution in [2.45, 2.75) is 6.92 Å². The van der Waals surface area contributed by atoms with Gasteiger partial charge in [-0.1, -0.05) is 51.3 Å². The first kappa shape index (κ1) is 24.1. The van der Waals surface area contributed by atoms with Crippen molar-refractivity contribution in [1.82, 2.24) is 4.90 Å². The third kappa shape index (κ3) is 5.21. The van der Waals surface area contributed by atoms with Gasteiger partial charge in [0.15, 0.2) is 0 Å². The SMILES string of the molecule is COc1ccc(Br)cc1C(=O)Nc1cccc(Cl)c1N1CCN(C(=O)c2ccc(C)cc2)CC1. The average molecular weight is 543 g/mol. The topological polar surface area (TPSA) is 61.9 Å². The summed E-state index contributed by atoms with van der Waals surface area (Å²) in [5.41, 5.74) is 3.57. The summed E-state index contributed by atoms with van der Waals surface area (Å²) in [4.78, 5) is 29.9. The number of nitrogens with one attached hydrogen (secondary N) is 1. The number of hydrogen-bond acceptors (Lipinski definition) is 4. The normalized spacial score (nSPS) is 13.5. The molecular formula is C26H25BrClN3O3. The van der Waals surface area contributed by atoms with Gasteiger partial charge in [-0.3, -0.25) is 9.59 Å². The van der Waals surface area contributed by atoms with Crippen LogP contribution in [0.15, 0.2) is 65.1 Å². The highest BCUT2D eigenvalue weighted by atomic mass is 79.9. The molecule has 0 aliphatic carbocycles. The highest BCUT2D eigenvalue weighted by Gasteiger charge is 2.26. The zero-order valence-electron chi connectivity index (χ0n) is 19.0. The van der Waals surface area contributed by atoms with Crippen LogP contribution in [0.4, 0.5) is 11.4 Å². The second-order valence-corrected chi connectivity index (χ2v) is 9.40. The van der Waals surface area contributed by atoms with Gasteiger partial charge in [0, 0.05) is 36.2 Å². The summed E-state index contributed by atoms with van der Waals surface area (Å²) in [6.07, 6.45) is 0. The molecule has 0 unspecified atom stereocenters. The largest absolute Gasteiger partial charge is 0.496 e. The van der Waals surface area contributed by atoms with Crippen LogP contribution in [-0.2, 0) is 0 Å². The molecule has 176 valence electrons. The summed E-state index contributed by atoms with van der Waals surface area (Å²) < 4.78 is 6.13. The highest BCUT2D eigenvalue weighted by molar-refractivity contribution is 9.10. The van der Waals surface area contributed by atoms with E-state index in [1.165, 1.54) is 7.11 Å². The molecule has 34 heavy (non-hydrogen) atoms. The molecule has 1 saturated heterocycles. The zero-order chi connectivity index (χ0) is 24.2. The first-order valence-corrected chi connectivity index (χ1v) is 12.1. The van der Waals surface area contributed by atoms with Gasteiger partial charge in [0.05, 0.1) is 29.1 Å². The van der Waals surface area contributed by atoms with Gasteiger partial charge < -0.3 is 19.9 Å². The molecule has 4 rings (SSSR count).